The molecule has 1 N–H and O–H groups in total. The van der Waals surface area contributed by atoms with Crippen LogP contribution in [0.25, 0.3) is 28.4 Å². The molecule has 3 aromatic carbocycles. The molecule has 4 aromatic rings. The molecule has 1 heterocycles. The van der Waals surface area contributed by atoms with Crippen LogP contribution in [0.5, 0.6) is 0 Å². The third-order valence-electron chi connectivity index (χ3n) is 4.33. The van der Waals surface area contributed by atoms with Crippen LogP contribution in [0.3, 0.4) is 0 Å². The molecule has 0 atom stereocenters. The summed E-state index contributed by atoms with van der Waals surface area (Å²) < 4.78 is 14.4. The average Bonchev–Trinajstić information content (AvgIpc) is 2.75. The van der Waals surface area contributed by atoms with Gasteiger partial charge in [0.05, 0.1) is 10.9 Å². The lowest BCUT2D eigenvalue weighted by Crippen LogP contribution is -2.34. The van der Waals surface area contributed by atoms with Gasteiger partial charge in [-0.2, -0.15) is 4.68 Å². The van der Waals surface area contributed by atoms with Gasteiger partial charge in [-0.1, -0.05) is 42.5 Å². The van der Waals surface area contributed by atoms with Crippen molar-refractivity contribution in [3.05, 3.63) is 107 Å². The molecule has 1 amide bonds. The van der Waals surface area contributed by atoms with E-state index in [1.54, 1.807) is 30.3 Å². The fourth-order valence-electron chi connectivity index (χ4n) is 2.91. The van der Waals surface area contributed by atoms with Crippen molar-refractivity contribution in [1.82, 2.24) is 9.66 Å². The standard InChI is InChI=1S/C23H16FN3O2/c24-18-13-11-17(12-14-18)22-25-20-9-5-4-8-19(20)23(29)27(22)26-21(28)15-10-16-6-2-1-3-7-16/h1-15H,(H,26,28)/b15-10+. The van der Waals surface area contributed by atoms with Crippen LogP contribution in [0.15, 0.2) is 89.7 Å². The number of carbonyl (C=O) groups is 1. The third-order valence-corrected chi connectivity index (χ3v) is 4.33. The van der Waals surface area contributed by atoms with Gasteiger partial charge in [0.15, 0.2) is 5.82 Å². The zero-order valence-electron chi connectivity index (χ0n) is 15.2. The lowest BCUT2D eigenvalue weighted by Gasteiger charge is -2.13. The first kappa shape index (κ1) is 18.3. The fraction of sp³-hybridized carbons (Fsp3) is 0. The summed E-state index contributed by atoms with van der Waals surface area (Å²) in [6.45, 7) is 0. The molecule has 4 rings (SSSR count). The third kappa shape index (κ3) is 3.96. The van der Waals surface area contributed by atoms with Crippen LogP contribution >= 0.6 is 0 Å². The highest BCUT2D eigenvalue weighted by Crippen LogP contribution is 2.18. The van der Waals surface area contributed by atoms with Crippen molar-refractivity contribution in [3.63, 3.8) is 0 Å². The number of aromatic nitrogens is 2. The maximum atomic E-state index is 13.3. The van der Waals surface area contributed by atoms with Crippen LogP contribution in [0.1, 0.15) is 5.56 Å². The molecule has 5 nitrogen and oxygen atoms in total. The van der Waals surface area contributed by atoms with Gasteiger partial charge in [0.25, 0.3) is 11.5 Å². The van der Waals surface area contributed by atoms with E-state index in [1.165, 1.54) is 30.3 Å². The molecule has 0 fully saturated rings. The number of fused-ring (bicyclic) bond motifs is 1. The van der Waals surface area contributed by atoms with Crippen molar-refractivity contribution >= 4 is 22.9 Å². The number of para-hydroxylation sites is 1. The zero-order valence-corrected chi connectivity index (χ0v) is 15.2. The molecule has 0 radical (unpaired) electrons. The number of hydrogen-bond donors (Lipinski definition) is 1. The zero-order chi connectivity index (χ0) is 20.2. The maximum absolute atomic E-state index is 13.3. The summed E-state index contributed by atoms with van der Waals surface area (Å²) in [5, 5.41) is 0.366. The number of halogens is 1. The number of nitrogens with zero attached hydrogens (tertiary/aromatic N) is 2. The first-order valence-electron chi connectivity index (χ1n) is 8.94. The first-order chi connectivity index (χ1) is 14.1. The highest BCUT2D eigenvalue weighted by atomic mass is 19.1. The van der Waals surface area contributed by atoms with E-state index in [4.69, 9.17) is 0 Å². The summed E-state index contributed by atoms with van der Waals surface area (Å²) in [4.78, 5) is 30.0. The van der Waals surface area contributed by atoms with Gasteiger partial charge in [-0.15, -0.1) is 0 Å². The Balaban J connectivity index is 1.77. The molecule has 0 unspecified atom stereocenters. The van der Waals surface area contributed by atoms with E-state index in [9.17, 15) is 14.0 Å². The Morgan fingerprint density at radius 2 is 1.62 bits per heavy atom. The number of amides is 1. The van der Waals surface area contributed by atoms with E-state index in [0.717, 1.165) is 10.2 Å². The quantitative estimate of drug-likeness (QED) is 0.541. The second-order valence-electron chi connectivity index (χ2n) is 6.32. The fourth-order valence-corrected chi connectivity index (χ4v) is 2.91. The van der Waals surface area contributed by atoms with Crippen molar-refractivity contribution in [2.75, 3.05) is 5.43 Å². The Morgan fingerprint density at radius 3 is 2.38 bits per heavy atom. The lowest BCUT2D eigenvalue weighted by atomic mass is 10.2. The number of nitrogens with one attached hydrogen (secondary N) is 1. The average molecular weight is 385 g/mol. The maximum Gasteiger partial charge on any atom is 0.280 e. The van der Waals surface area contributed by atoms with Crippen molar-refractivity contribution in [1.29, 1.82) is 0 Å². The van der Waals surface area contributed by atoms with Gasteiger partial charge in [0.1, 0.15) is 5.82 Å². The molecule has 29 heavy (non-hydrogen) atoms. The monoisotopic (exact) mass is 385 g/mol. The topological polar surface area (TPSA) is 64.0 Å². The van der Waals surface area contributed by atoms with E-state index in [2.05, 4.69) is 10.4 Å². The van der Waals surface area contributed by atoms with Gasteiger partial charge < -0.3 is 0 Å². The summed E-state index contributed by atoms with van der Waals surface area (Å²) in [6, 6.07) is 21.7. The smallest absolute Gasteiger partial charge is 0.268 e. The molecule has 0 saturated heterocycles. The van der Waals surface area contributed by atoms with Gasteiger partial charge in [-0.3, -0.25) is 15.0 Å². The van der Waals surface area contributed by atoms with Crippen LogP contribution in [0.4, 0.5) is 4.39 Å². The largest absolute Gasteiger partial charge is 0.280 e. The molecule has 0 bridgehead atoms. The molecule has 0 saturated carbocycles. The van der Waals surface area contributed by atoms with Gasteiger partial charge >= 0.3 is 0 Å². The van der Waals surface area contributed by atoms with E-state index in [1.807, 2.05) is 30.3 Å². The van der Waals surface area contributed by atoms with Crippen molar-refractivity contribution in [3.8, 4) is 11.4 Å². The van der Waals surface area contributed by atoms with E-state index < -0.39 is 17.3 Å². The highest BCUT2D eigenvalue weighted by molar-refractivity contribution is 5.98. The Morgan fingerprint density at radius 1 is 0.931 bits per heavy atom. The predicted molar refractivity (Wildman–Crippen MR) is 111 cm³/mol. The van der Waals surface area contributed by atoms with Gasteiger partial charge in [-0.05, 0) is 48.0 Å². The molecule has 0 aliphatic heterocycles. The molecular formula is C23H16FN3O2. The summed E-state index contributed by atoms with van der Waals surface area (Å²) in [5.41, 5.74) is 4.00. The van der Waals surface area contributed by atoms with Crippen LogP contribution in [0, 0.1) is 5.82 Å². The predicted octanol–water partition coefficient (Wildman–Crippen LogP) is 3.99. The second kappa shape index (κ2) is 7.90. The molecular weight excluding hydrogens is 369 g/mol. The lowest BCUT2D eigenvalue weighted by molar-refractivity contribution is -0.112. The van der Waals surface area contributed by atoms with Crippen LogP contribution in [0.2, 0.25) is 0 Å². The minimum Gasteiger partial charge on any atom is -0.268 e. The summed E-state index contributed by atoms with van der Waals surface area (Å²) in [6.07, 6.45) is 2.98. The van der Waals surface area contributed by atoms with Crippen LogP contribution in [-0.4, -0.2) is 15.6 Å². The molecule has 0 aliphatic rings. The summed E-state index contributed by atoms with van der Waals surface area (Å²) >= 11 is 0. The summed E-state index contributed by atoms with van der Waals surface area (Å²) in [5.74, 6) is -0.676. The normalized spacial score (nSPS) is 11.1. The Kier molecular flexibility index (Phi) is 4.99. The minimum absolute atomic E-state index is 0.218. The number of hydrogen-bond acceptors (Lipinski definition) is 3. The van der Waals surface area contributed by atoms with Gasteiger partial charge in [0.2, 0.25) is 0 Å². The Bertz CT molecular complexity index is 1260. The van der Waals surface area contributed by atoms with Crippen LogP contribution < -0.4 is 11.0 Å². The summed E-state index contributed by atoms with van der Waals surface area (Å²) in [7, 11) is 0. The van der Waals surface area contributed by atoms with Gasteiger partial charge in [0, 0.05) is 11.6 Å². The van der Waals surface area contributed by atoms with E-state index in [0.29, 0.717) is 16.5 Å². The highest BCUT2D eigenvalue weighted by Gasteiger charge is 2.14. The minimum atomic E-state index is -0.489. The molecule has 142 valence electrons. The molecule has 0 aliphatic carbocycles. The van der Waals surface area contributed by atoms with E-state index >= 15 is 0 Å². The van der Waals surface area contributed by atoms with Crippen molar-refractivity contribution in [2.45, 2.75) is 0 Å². The van der Waals surface area contributed by atoms with Crippen molar-refractivity contribution < 1.29 is 9.18 Å². The van der Waals surface area contributed by atoms with E-state index in [-0.39, 0.29) is 5.82 Å². The van der Waals surface area contributed by atoms with Crippen LogP contribution in [-0.2, 0) is 4.79 Å². The molecule has 6 heteroatoms. The number of rotatable bonds is 4. The van der Waals surface area contributed by atoms with Gasteiger partial charge in [-0.25, -0.2) is 9.37 Å². The second-order valence-corrected chi connectivity index (χ2v) is 6.32. The Labute approximate surface area is 165 Å². The Hall–Kier alpha value is -4.06. The first-order valence-corrected chi connectivity index (χ1v) is 8.94. The molecule has 0 spiro atoms. The number of benzene rings is 3. The number of carbonyl (C=O) groups excluding carboxylic acids is 1. The van der Waals surface area contributed by atoms with Crippen molar-refractivity contribution in [2.24, 2.45) is 0 Å². The SMILES string of the molecule is O=C(/C=C/c1ccccc1)Nn1c(-c2ccc(F)cc2)nc2ccccc2c1=O. The molecule has 1 aromatic heterocycles.